The van der Waals surface area contributed by atoms with E-state index < -0.39 is 0 Å². The molecule has 0 saturated carbocycles. The molecule has 0 aliphatic carbocycles. The first-order valence-electron chi connectivity index (χ1n) is 13.2. The average Bonchev–Trinajstić information content (AvgIpc) is 3.11. The molecule has 1 amide bonds. The number of aryl methyl sites for hydroxylation is 1. The van der Waals surface area contributed by atoms with E-state index in [0.717, 1.165) is 39.0 Å². The minimum atomic E-state index is -0.319. The molecule has 0 spiro atoms. The fraction of sp³-hybridized carbons (Fsp3) is 0.414. The molecular weight excluding hydrogens is 517 g/mol. The van der Waals surface area contributed by atoms with Gasteiger partial charge in [0.2, 0.25) is 5.91 Å². The summed E-state index contributed by atoms with van der Waals surface area (Å²) in [5.41, 5.74) is 3.44. The number of ether oxygens (including phenoxy) is 1. The smallest absolute Gasteiger partial charge is 0.350 e. The summed E-state index contributed by atoms with van der Waals surface area (Å²) < 4.78 is 21.8. The van der Waals surface area contributed by atoms with Crippen LogP contribution in [0, 0.1) is 12.7 Å². The van der Waals surface area contributed by atoms with Gasteiger partial charge in [-0.1, -0.05) is 18.7 Å². The minimum absolute atomic E-state index is 0.0902. The number of hydrogen-bond acceptors (Lipinski definition) is 7. The number of rotatable bonds is 7. The number of hydrogen-bond donors (Lipinski definition) is 0. The first kappa shape index (κ1) is 27.4. The number of nitrogens with zero attached hydrogens (tertiary/aromatic N) is 5. The molecule has 2 aliphatic heterocycles. The van der Waals surface area contributed by atoms with E-state index in [2.05, 4.69) is 27.4 Å². The van der Waals surface area contributed by atoms with Crippen LogP contribution in [0.5, 0.6) is 0 Å². The third-order valence-electron chi connectivity index (χ3n) is 7.29. The van der Waals surface area contributed by atoms with E-state index >= 15 is 0 Å². The highest BCUT2D eigenvalue weighted by Gasteiger charge is 2.29. The topological polar surface area (TPSA) is 70.9 Å². The number of carbonyl (C=O) groups excluding carboxylic acids is 1. The van der Waals surface area contributed by atoms with E-state index in [4.69, 9.17) is 4.74 Å². The van der Waals surface area contributed by atoms with Crippen LogP contribution in [0.15, 0.2) is 52.7 Å². The fourth-order valence-corrected chi connectivity index (χ4v) is 6.59. The Labute approximate surface area is 232 Å². The molecular formula is C29H34FN5O3S. The van der Waals surface area contributed by atoms with Crippen LogP contribution < -0.4 is 10.6 Å². The van der Waals surface area contributed by atoms with Gasteiger partial charge in [0.05, 0.1) is 24.8 Å². The van der Waals surface area contributed by atoms with Crippen LogP contribution in [0.25, 0.3) is 22.0 Å². The lowest BCUT2D eigenvalue weighted by atomic mass is 9.97. The van der Waals surface area contributed by atoms with Crippen molar-refractivity contribution in [3.05, 3.63) is 64.9 Å². The van der Waals surface area contributed by atoms with Crippen LogP contribution in [0.2, 0.25) is 0 Å². The van der Waals surface area contributed by atoms with Crippen LogP contribution in [0.4, 0.5) is 10.2 Å². The molecule has 0 N–H and O–H groups in total. The van der Waals surface area contributed by atoms with E-state index in [0.29, 0.717) is 50.9 Å². The number of halogens is 1. The zero-order valence-electron chi connectivity index (χ0n) is 22.7. The highest BCUT2D eigenvalue weighted by Crippen LogP contribution is 2.43. The van der Waals surface area contributed by atoms with Gasteiger partial charge in [-0.05, 0) is 56.4 Å². The van der Waals surface area contributed by atoms with Gasteiger partial charge in [-0.25, -0.2) is 9.18 Å². The zero-order valence-corrected chi connectivity index (χ0v) is 23.5. The third-order valence-corrected chi connectivity index (χ3v) is 8.51. The Morgan fingerprint density at radius 1 is 1.23 bits per heavy atom. The Balaban J connectivity index is 1.62. The molecule has 1 atom stereocenters. The second-order valence-electron chi connectivity index (χ2n) is 10.3. The maximum atomic E-state index is 13.8. The molecule has 1 saturated heterocycles. The average molecular weight is 552 g/mol. The summed E-state index contributed by atoms with van der Waals surface area (Å²) >= 11 is 1.68. The number of thioether (sulfide) groups is 1. The normalized spacial score (nSPS) is 17.5. The van der Waals surface area contributed by atoms with Gasteiger partial charge in [-0.2, -0.15) is 4.98 Å². The van der Waals surface area contributed by atoms with Crippen molar-refractivity contribution in [2.75, 3.05) is 64.1 Å². The van der Waals surface area contributed by atoms with Crippen molar-refractivity contribution < 1.29 is 13.9 Å². The second-order valence-corrected chi connectivity index (χ2v) is 11.3. The van der Waals surface area contributed by atoms with Gasteiger partial charge in [0.25, 0.3) is 0 Å². The van der Waals surface area contributed by atoms with E-state index in [1.54, 1.807) is 33.4 Å². The van der Waals surface area contributed by atoms with Crippen molar-refractivity contribution in [3.63, 3.8) is 0 Å². The molecule has 1 aromatic heterocycles. The van der Waals surface area contributed by atoms with E-state index in [-0.39, 0.29) is 23.5 Å². The van der Waals surface area contributed by atoms with E-state index in [9.17, 15) is 14.0 Å². The van der Waals surface area contributed by atoms with Crippen molar-refractivity contribution in [2.24, 2.45) is 0 Å². The largest absolute Gasteiger partial charge is 0.374 e. The predicted molar refractivity (Wildman–Crippen MR) is 154 cm³/mol. The van der Waals surface area contributed by atoms with Crippen LogP contribution in [0.3, 0.4) is 0 Å². The first-order valence-corrected chi connectivity index (χ1v) is 14.1. The molecule has 5 rings (SSSR count). The quantitative estimate of drug-likeness (QED) is 0.417. The highest BCUT2D eigenvalue weighted by atomic mass is 32.2. The number of anilines is 1. The summed E-state index contributed by atoms with van der Waals surface area (Å²) in [6.07, 6.45) is 1.17. The summed E-state index contributed by atoms with van der Waals surface area (Å²) in [6, 6.07) is 8.60. The Morgan fingerprint density at radius 3 is 2.62 bits per heavy atom. The molecule has 0 bridgehead atoms. The SMILES string of the molecule is C=CC(=O)N1CCN(c2nc(=O)n3c4c(c(-c5ccc(F)cc5)c(C)cc24)SCC(OCCN(C)C)C3)CC1. The lowest BCUT2D eigenvalue weighted by Crippen LogP contribution is -2.49. The van der Waals surface area contributed by atoms with Crippen molar-refractivity contribution >= 4 is 34.4 Å². The Morgan fingerprint density at radius 2 is 1.95 bits per heavy atom. The maximum Gasteiger partial charge on any atom is 0.350 e. The van der Waals surface area contributed by atoms with Crippen molar-refractivity contribution in [3.8, 4) is 11.1 Å². The molecule has 39 heavy (non-hydrogen) atoms. The van der Waals surface area contributed by atoms with Crippen LogP contribution >= 0.6 is 11.8 Å². The van der Waals surface area contributed by atoms with Crippen LogP contribution in [-0.4, -0.2) is 90.5 Å². The molecule has 2 aliphatic rings. The third kappa shape index (κ3) is 5.59. The highest BCUT2D eigenvalue weighted by molar-refractivity contribution is 7.99. The summed E-state index contributed by atoms with van der Waals surface area (Å²) in [5.74, 6) is 0.938. The summed E-state index contributed by atoms with van der Waals surface area (Å²) in [6.45, 7) is 9.61. The number of carbonyl (C=O) groups is 1. The number of aromatic nitrogens is 2. The number of amides is 1. The number of piperazine rings is 1. The molecule has 3 heterocycles. The monoisotopic (exact) mass is 551 g/mol. The fourth-order valence-electron chi connectivity index (χ4n) is 5.25. The van der Waals surface area contributed by atoms with Gasteiger partial charge in [0, 0.05) is 54.3 Å². The van der Waals surface area contributed by atoms with Gasteiger partial charge >= 0.3 is 5.69 Å². The minimum Gasteiger partial charge on any atom is -0.374 e. The standard InChI is InChI=1S/C29H34FN5O3S/c1-5-24(36)33-10-12-34(13-11-33)28-23-16-19(2)25(20-6-8-21(30)9-7-20)27-26(23)35(29(37)31-28)17-22(18-39-27)38-15-14-32(3)4/h5-9,16,22H,1,10-15,17-18H2,2-4H3. The van der Waals surface area contributed by atoms with Gasteiger partial charge < -0.3 is 19.4 Å². The predicted octanol–water partition coefficient (Wildman–Crippen LogP) is 3.40. The van der Waals surface area contributed by atoms with Crippen molar-refractivity contribution in [1.82, 2.24) is 19.4 Å². The van der Waals surface area contributed by atoms with Crippen molar-refractivity contribution in [1.29, 1.82) is 0 Å². The zero-order chi connectivity index (χ0) is 27.7. The first-order chi connectivity index (χ1) is 18.8. The second kappa shape index (κ2) is 11.5. The van der Waals surface area contributed by atoms with Gasteiger partial charge in [0.1, 0.15) is 11.6 Å². The Kier molecular flexibility index (Phi) is 8.06. The molecule has 1 unspecified atom stereocenters. The maximum absolute atomic E-state index is 13.8. The van der Waals surface area contributed by atoms with Gasteiger partial charge in [-0.15, -0.1) is 11.8 Å². The van der Waals surface area contributed by atoms with Gasteiger partial charge in [-0.3, -0.25) is 9.36 Å². The molecule has 8 nitrogen and oxygen atoms in total. The van der Waals surface area contributed by atoms with Crippen molar-refractivity contribution in [2.45, 2.75) is 24.5 Å². The van der Waals surface area contributed by atoms with Crippen LogP contribution in [0.1, 0.15) is 5.56 Å². The Hall–Kier alpha value is -3.21. The molecule has 3 aromatic rings. The molecule has 2 aromatic carbocycles. The molecule has 206 valence electrons. The summed E-state index contributed by atoms with van der Waals surface area (Å²) in [5, 5.41) is 0.901. The Bertz CT molecular complexity index is 1450. The lowest BCUT2D eigenvalue weighted by molar-refractivity contribution is -0.126. The number of benzene rings is 2. The lowest BCUT2D eigenvalue weighted by Gasteiger charge is -2.35. The summed E-state index contributed by atoms with van der Waals surface area (Å²) in [4.78, 5) is 37.2. The van der Waals surface area contributed by atoms with Crippen LogP contribution in [-0.2, 0) is 16.1 Å². The van der Waals surface area contributed by atoms with Gasteiger partial charge in [0.15, 0.2) is 0 Å². The number of likely N-dealkylation sites (N-methyl/N-ethyl adjacent to an activating group) is 1. The molecule has 10 heteroatoms. The molecule has 1 fully saturated rings. The van der Waals surface area contributed by atoms with E-state index in [1.807, 2.05) is 21.0 Å². The van der Waals surface area contributed by atoms with E-state index in [1.165, 1.54) is 18.2 Å². The summed E-state index contributed by atoms with van der Waals surface area (Å²) in [7, 11) is 4.01. The molecule has 0 radical (unpaired) electrons.